The Kier molecular flexibility index (Phi) is 4.00. The van der Waals surface area contributed by atoms with Crippen LogP contribution >= 0.6 is 0 Å². The van der Waals surface area contributed by atoms with Crippen LogP contribution in [0.1, 0.15) is 25.7 Å². The van der Waals surface area contributed by atoms with E-state index < -0.39 is 0 Å². The van der Waals surface area contributed by atoms with Gasteiger partial charge in [0, 0.05) is 19.6 Å². The molecule has 15 heavy (non-hydrogen) atoms. The molecule has 1 N–H and O–H groups in total. The van der Waals surface area contributed by atoms with Gasteiger partial charge in [0.05, 0.1) is 6.10 Å². The number of nitrogens with zero attached hydrogens (tertiary/aromatic N) is 2. The maximum absolute atomic E-state index is 9.80. The lowest BCUT2D eigenvalue weighted by molar-refractivity contribution is 0.102. The lowest BCUT2D eigenvalue weighted by Gasteiger charge is -2.23. The van der Waals surface area contributed by atoms with E-state index >= 15 is 0 Å². The second kappa shape index (κ2) is 5.28. The van der Waals surface area contributed by atoms with Crippen LogP contribution in [0.5, 0.6) is 0 Å². The molecule has 3 nitrogen and oxygen atoms in total. The van der Waals surface area contributed by atoms with Gasteiger partial charge >= 0.3 is 0 Å². The number of hydrogen-bond acceptors (Lipinski definition) is 3. The van der Waals surface area contributed by atoms with E-state index in [0.717, 1.165) is 13.1 Å². The Hall–Kier alpha value is -0.120. The van der Waals surface area contributed by atoms with Gasteiger partial charge in [0.2, 0.25) is 0 Å². The van der Waals surface area contributed by atoms with Crippen LogP contribution in [0, 0.1) is 5.92 Å². The third-order valence-electron chi connectivity index (χ3n) is 3.66. The van der Waals surface area contributed by atoms with Crippen LogP contribution < -0.4 is 0 Å². The highest BCUT2D eigenvalue weighted by molar-refractivity contribution is 4.82. The highest BCUT2D eigenvalue weighted by atomic mass is 16.3. The van der Waals surface area contributed by atoms with Crippen LogP contribution in [0.4, 0.5) is 0 Å². The maximum Gasteiger partial charge on any atom is 0.0695 e. The third-order valence-corrected chi connectivity index (χ3v) is 3.66. The smallest absolute Gasteiger partial charge is 0.0695 e. The van der Waals surface area contributed by atoms with Gasteiger partial charge in [0.25, 0.3) is 0 Å². The topological polar surface area (TPSA) is 26.7 Å². The summed E-state index contributed by atoms with van der Waals surface area (Å²) in [5.41, 5.74) is 0. The van der Waals surface area contributed by atoms with Gasteiger partial charge in [-0.2, -0.15) is 0 Å². The standard InChI is InChI=1S/C12H24N2O/c1-13(10-12(15)11-4-5-11)8-9-14-6-2-3-7-14/h11-12,15H,2-10H2,1H3. The molecule has 0 amide bonds. The molecule has 0 aromatic rings. The van der Waals surface area contributed by atoms with Gasteiger partial charge in [0.15, 0.2) is 0 Å². The fourth-order valence-electron chi connectivity index (χ4n) is 2.36. The summed E-state index contributed by atoms with van der Waals surface area (Å²) in [5, 5.41) is 9.80. The minimum atomic E-state index is -0.0754. The van der Waals surface area contributed by atoms with Gasteiger partial charge in [-0.05, 0) is 51.7 Å². The van der Waals surface area contributed by atoms with Gasteiger partial charge < -0.3 is 14.9 Å². The van der Waals surface area contributed by atoms with Crippen molar-refractivity contribution in [3.63, 3.8) is 0 Å². The van der Waals surface area contributed by atoms with Gasteiger partial charge in [-0.25, -0.2) is 0 Å². The molecule has 88 valence electrons. The number of likely N-dealkylation sites (N-methyl/N-ethyl adjacent to an activating group) is 1. The highest BCUT2D eigenvalue weighted by Crippen LogP contribution is 2.32. The first-order valence-corrected chi connectivity index (χ1v) is 6.34. The van der Waals surface area contributed by atoms with Crippen molar-refractivity contribution in [2.24, 2.45) is 5.92 Å². The van der Waals surface area contributed by atoms with Crippen molar-refractivity contribution in [3.05, 3.63) is 0 Å². The monoisotopic (exact) mass is 212 g/mol. The van der Waals surface area contributed by atoms with Crippen molar-refractivity contribution in [1.29, 1.82) is 0 Å². The number of aliphatic hydroxyl groups is 1. The molecule has 2 fully saturated rings. The molecule has 0 radical (unpaired) electrons. The second-order valence-corrected chi connectivity index (χ2v) is 5.22. The first kappa shape index (κ1) is 11.4. The number of rotatable bonds is 6. The molecule has 1 heterocycles. The quantitative estimate of drug-likeness (QED) is 0.705. The normalized spacial score (nSPS) is 25.0. The Bertz CT molecular complexity index is 188. The summed E-state index contributed by atoms with van der Waals surface area (Å²) in [5.74, 6) is 0.610. The summed E-state index contributed by atoms with van der Waals surface area (Å²) >= 11 is 0. The van der Waals surface area contributed by atoms with Crippen LogP contribution in [0.3, 0.4) is 0 Å². The summed E-state index contributed by atoms with van der Waals surface area (Å²) < 4.78 is 0. The van der Waals surface area contributed by atoms with E-state index in [2.05, 4.69) is 16.8 Å². The second-order valence-electron chi connectivity index (χ2n) is 5.22. The number of aliphatic hydroxyl groups excluding tert-OH is 1. The molecular weight excluding hydrogens is 188 g/mol. The van der Waals surface area contributed by atoms with Gasteiger partial charge in [-0.3, -0.25) is 0 Å². The Morgan fingerprint density at radius 1 is 1.33 bits per heavy atom. The van der Waals surface area contributed by atoms with Crippen LogP contribution in [-0.4, -0.2) is 60.8 Å². The van der Waals surface area contributed by atoms with E-state index in [-0.39, 0.29) is 6.10 Å². The van der Waals surface area contributed by atoms with E-state index in [0.29, 0.717) is 5.92 Å². The molecule has 0 aromatic carbocycles. The van der Waals surface area contributed by atoms with Crippen molar-refractivity contribution in [2.75, 3.05) is 39.8 Å². The largest absolute Gasteiger partial charge is 0.392 e. The van der Waals surface area contributed by atoms with E-state index in [1.165, 1.54) is 45.3 Å². The number of hydrogen-bond donors (Lipinski definition) is 1. The molecule has 2 aliphatic rings. The molecule has 1 aliphatic heterocycles. The predicted octanol–water partition coefficient (Wildman–Crippen LogP) is 0.785. The number of likely N-dealkylation sites (tertiary alicyclic amines) is 1. The molecule has 2 rings (SSSR count). The van der Waals surface area contributed by atoms with Crippen molar-refractivity contribution in [3.8, 4) is 0 Å². The van der Waals surface area contributed by atoms with E-state index in [1.807, 2.05) is 0 Å². The van der Waals surface area contributed by atoms with Gasteiger partial charge in [0.1, 0.15) is 0 Å². The molecule has 0 bridgehead atoms. The van der Waals surface area contributed by atoms with Crippen molar-refractivity contribution in [2.45, 2.75) is 31.8 Å². The van der Waals surface area contributed by atoms with Crippen molar-refractivity contribution in [1.82, 2.24) is 9.80 Å². The average molecular weight is 212 g/mol. The maximum atomic E-state index is 9.80. The molecular formula is C12H24N2O. The van der Waals surface area contributed by atoms with E-state index in [1.54, 1.807) is 0 Å². The zero-order chi connectivity index (χ0) is 10.7. The fraction of sp³-hybridized carbons (Fsp3) is 1.00. The Balaban J connectivity index is 1.56. The molecule has 3 heteroatoms. The lowest BCUT2D eigenvalue weighted by Crippen LogP contribution is -2.36. The molecule has 1 saturated carbocycles. The van der Waals surface area contributed by atoms with Crippen molar-refractivity contribution < 1.29 is 5.11 Å². The summed E-state index contributed by atoms with van der Waals surface area (Å²) in [6.07, 6.45) is 5.14. The summed E-state index contributed by atoms with van der Waals surface area (Å²) in [6, 6.07) is 0. The molecule has 1 unspecified atom stereocenters. The van der Waals surface area contributed by atoms with E-state index in [9.17, 15) is 5.11 Å². The first-order chi connectivity index (χ1) is 7.25. The SMILES string of the molecule is CN(CCN1CCCC1)CC(O)C1CC1. The summed E-state index contributed by atoms with van der Waals surface area (Å²) in [7, 11) is 2.13. The summed E-state index contributed by atoms with van der Waals surface area (Å²) in [6.45, 7) is 5.69. The van der Waals surface area contributed by atoms with Crippen molar-refractivity contribution >= 4 is 0 Å². The zero-order valence-electron chi connectivity index (χ0n) is 9.86. The molecule has 0 spiro atoms. The van der Waals surface area contributed by atoms with Crippen LogP contribution in [0.25, 0.3) is 0 Å². The van der Waals surface area contributed by atoms with Crippen LogP contribution in [0.15, 0.2) is 0 Å². The Labute approximate surface area is 93.1 Å². The molecule has 1 atom stereocenters. The van der Waals surface area contributed by atoms with Gasteiger partial charge in [-0.1, -0.05) is 0 Å². The van der Waals surface area contributed by atoms with Crippen LogP contribution in [-0.2, 0) is 0 Å². The zero-order valence-corrected chi connectivity index (χ0v) is 9.86. The predicted molar refractivity (Wildman–Crippen MR) is 61.9 cm³/mol. The molecule has 1 aliphatic carbocycles. The molecule has 0 aromatic heterocycles. The minimum absolute atomic E-state index is 0.0754. The first-order valence-electron chi connectivity index (χ1n) is 6.34. The highest BCUT2D eigenvalue weighted by Gasteiger charge is 2.30. The fourth-order valence-corrected chi connectivity index (χ4v) is 2.36. The lowest BCUT2D eigenvalue weighted by atomic mass is 10.2. The Morgan fingerprint density at radius 2 is 2.00 bits per heavy atom. The Morgan fingerprint density at radius 3 is 2.60 bits per heavy atom. The average Bonchev–Trinajstić information content (AvgIpc) is 2.93. The van der Waals surface area contributed by atoms with E-state index in [4.69, 9.17) is 0 Å². The third kappa shape index (κ3) is 3.74. The molecule has 1 saturated heterocycles. The minimum Gasteiger partial charge on any atom is -0.392 e. The van der Waals surface area contributed by atoms with Crippen LogP contribution in [0.2, 0.25) is 0 Å². The summed E-state index contributed by atoms with van der Waals surface area (Å²) in [4.78, 5) is 4.81. The van der Waals surface area contributed by atoms with Gasteiger partial charge in [-0.15, -0.1) is 0 Å².